The van der Waals surface area contributed by atoms with Gasteiger partial charge in [-0.15, -0.1) is 0 Å². The number of benzene rings is 1. The molecule has 122 valence electrons. The van der Waals surface area contributed by atoms with E-state index in [0.29, 0.717) is 24.7 Å². The molecular formula is C17H21N3O3. The van der Waals surface area contributed by atoms with E-state index in [2.05, 4.69) is 10.5 Å². The molecule has 0 radical (unpaired) electrons. The third-order valence-corrected chi connectivity index (χ3v) is 3.77. The average Bonchev–Trinajstić information content (AvgIpc) is 3.29. The Kier molecular flexibility index (Phi) is 4.92. The molecule has 1 heterocycles. The van der Waals surface area contributed by atoms with Crippen LogP contribution >= 0.6 is 0 Å². The Labute approximate surface area is 135 Å². The molecule has 0 unspecified atom stereocenters. The highest BCUT2D eigenvalue weighted by molar-refractivity contribution is 5.88. The minimum atomic E-state index is -0.229. The van der Waals surface area contributed by atoms with Gasteiger partial charge in [0.25, 0.3) is 0 Å². The van der Waals surface area contributed by atoms with Gasteiger partial charge in [-0.1, -0.05) is 35.5 Å². The van der Waals surface area contributed by atoms with Gasteiger partial charge in [0.15, 0.2) is 11.6 Å². The van der Waals surface area contributed by atoms with Gasteiger partial charge >= 0.3 is 6.03 Å². The third-order valence-electron chi connectivity index (χ3n) is 3.77. The number of hydrogen-bond donors (Lipinski definition) is 1. The molecule has 0 atom stereocenters. The van der Waals surface area contributed by atoms with Crippen molar-refractivity contribution in [2.75, 3.05) is 32.1 Å². The molecule has 23 heavy (non-hydrogen) atoms. The van der Waals surface area contributed by atoms with Crippen molar-refractivity contribution >= 4 is 11.8 Å². The predicted molar refractivity (Wildman–Crippen MR) is 87.1 cm³/mol. The number of ether oxygens (including phenoxy) is 1. The molecule has 1 aliphatic rings. The summed E-state index contributed by atoms with van der Waals surface area (Å²) in [6.07, 6.45) is 2.54. The maximum Gasteiger partial charge on any atom is 0.322 e. The van der Waals surface area contributed by atoms with E-state index in [9.17, 15) is 4.79 Å². The molecular weight excluding hydrogens is 294 g/mol. The van der Waals surface area contributed by atoms with Gasteiger partial charge in [-0.05, 0) is 18.8 Å². The zero-order chi connectivity index (χ0) is 16.1. The number of rotatable bonds is 7. The maximum atomic E-state index is 12.1. The van der Waals surface area contributed by atoms with Crippen LogP contribution in [0.5, 0.6) is 0 Å². The molecule has 1 aromatic carbocycles. The Morgan fingerprint density at radius 3 is 2.91 bits per heavy atom. The zero-order valence-electron chi connectivity index (χ0n) is 13.2. The average molecular weight is 315 g/mol. The minimum Gasteiger partial charge on any atom is -0.379 e. The van der Waals surface area contributed by atoms with Crippen LogP contribution in [0.25, 0.3) is 11.3 Å². The van der Waals surface area contributed by atoms with Gasteiger partial charge in [-0.2, -0.15) is 0 Å². The molecule has 6 nitrogen and oxygen atoms in total. The molecule has 1 aliphatic carbocycles. The van der Waals surface area contributed by atoms with Crippen LogP contribution in [0, 0.1) is 5.92 Å². The number of nitrogens with zero attached hydrogens (tertiary/aromatic N) is 2. The number of hydrogen-bond acceptors (Lipinski definition) is 4. The topological polar surface area (TPSA) is 67.6 Å². The number of nitrogens with one attached hydrogen (secondary N) is 1. The van der Waals surface area contributed by atoms with Gasteiger partial charge in [0.2, 0.25) is 0 Å². The molecule has 6 heteroatoms. The van der Waals surface area contributed by atoms with Crippen LogP contribution in [-0.2, 0) is 4.74 Å². The monoisotopic (exact) mass is 315 g/mol. The zero-order valence-corrected chi connectivity index (χ0v) is 13.2. The Morgan fingerprint density at radius 1 is 1.39 bits per heavy atom. The van der Waals surface area contributed by atoms with E-state index < -0.39 is 0 Å². The van der Waals surface area contributed by atoms with Crippen molar-refractivity contribution in [2.24, 2.45) is 5.92 Å². The lowest BCUT2D eigenvalue weighted by Gasteiger charge is -2.16. The standard InChI is InChI=1S/C17H21N3O3/c1-20(9-10-22-12-13-7-8-13)17(21)18-16-11-15(23-19-16)14-5-3-2-4-6-14/h2-6,11,13H,7-10,12H2,1H3,(H,18,19,21). The summed E-state index contributed by atoms with van der Waals surface area (Å²) in [5.74, 6) is 1.76. The van der Waals surface area contributed by atoms with Crippen LogP contribution < -0.4 is 5.32 Å². The fourth-order valence-corrected chi connectivity index (χ4v) is 2.12. The Balaban J connectivity index is 1.46. The molecule has 1 N–H and O–H groups in total. The second kappa shape index (κ2) is 7.28. The van der Waals surface area contributed by atoms with Crippen LogP contribution in [0.1, 0.15) is 12.8 Å². The molecule has 1 aromatic heterocycles. The maximum absolute atomic E-state index is 12.1. The van der Waals surface area contributed by atoms with Crippen molar-refractivity contribution in [2.45, 2.75) is 12.8 Å². The van der Waals surface area contributed by atoms with Crippen LogP contribution in [0.15, 0.2) is 40.9 Å². The Bertz CT molecular complexity index is 638. The van der Waals surface area contributed by atoms with Gasteiger partial charge in [-0.3, -0.25) is 5.32 Å². The fraction of sp³-hybridized carbons (Fsp3) is 0.412. The highest BCUT2D eigenvalue weighted by Gasteiger charge is 2.21. The number of anilines is 1. The summed E-state index contributed by atoms with van der Waals surface area (Å²) in [7, 11) is 1.73. The van der Waals surface area contributed by atoms with E-state index in [1.807, 2.05) is 30.3 Å². The van der Waals surface area contributed by atoms with Gasteiger partial charge in [0.1, 0.15) is 0 Å². The first-order chi connectivity index (χ1) is 11.2. The second-order valence-corrected chi connectivity index (χ2v) is 5.81. The molecule has 0 spiro atoms. The predicted octanol–water partition coefficient (Wildman–Crippen LogP) is 3.23. The lowest BCUT2D eigenvalue weighted by Crippen LogP contribution is -2.34. The molecule has 1 saturated carbocycles. The van der Waals surface area contributed by atoms with Crippen molar-refractivity contribution < 1.29 is 14.1 Å². The van der Waals surface area contributed by atoms with E-state index in [4.69, 9.17) is 9.26 Å². The van der Waals surface area contributed by atoms with Crippen molar-refractivity contribution in [3.8, 4) is 11.3 Å². The Hall–Kier alpha value is -2.34. The smallest absolute Gasteiger partial charge is 0.322 e. The highest BCUT2D eigenvalue weighted by Crippen LogP contribution is 2.28. The van der Waals surface area contributed by atoms with Crippen LogP contribution in [0.2, 0.25) is 0 Å². The van der Waals surface area contributed by atoms with Crippen molar-refractivity contribution in [1.82, 2.24) is 10.1 Å². The summed E-state index contributed by atoms with van der Waals surface area (Å²) in [6, 6.07) is 11.1. The summed E-state index contributed by atoms with van der Waals surface area (Å²) in [5.41, 5.74) is 0.919. The Morgan fingerprint density at radius 2 is 2.17 bits per heavy atom. The van der Waals surface area contributed by atoms with Crippen LogP contribution in [-0.4, -0.2) is 42.9 Å². The molecule has 2 aromatic rings. The van der Waals surface area contributed by atoms with E-state index in [1.54, 1.807) is 18.0 Å². The fourth-order valence-electron chi connectivity index (χ4n) is 2.12. The van der Waals surface area contributed by atoms with Crippen molar-refractivity contribution in [1.29, 1.82) is 0 Å². The van der Waals surface area contributed by atoms with E-state index in [0.717, 1.165) is 18.1 Å². The summed E-state index contributed by atoms with van der Waals surface area (Å²) in [4.78, 5) is 13.6. The van der Waals surface area contributed by atoms with E-state index in [1.165, 1.54) is 12.8 Å². The number of likely N-dealkylation sites (N-methyl/N-ethyl adjacent to an activating group) is 1. The molecule has 0 aliphatic heterocycles. The normalized spacial score (nSPS) is 13.8. The SMILES string of the molecule is CN(CCOCC1CC1)C(=O)Nc1cc(-c2ccccc2)on1. The first kappa shape index (κ1) is 15.6. The molecule has 0 saturated heterocycles. The number of aromatic nitrogens is 1. The first-order valence-electron chi connectivity index (χ1n) is 7.84. The highest BCUT2D eigenvalue weighted by atomic mass is 16.5. The summed E-state index contributed by atoms with van der Waals surface area (Å²) >= 11 is 0. The minimum absolute atomic E-state index is 0.229. The van der Waals surface area contributed by atoms with Gasteiger partial charge < -0.3 is 14.2 Å². The summed E-state index contributed by atoms with van der Waals surface area (Å²) in [6.45, 7) is 1.90. The number of carbonyl (C=O) groups is 1. The molecule has 0 bridgehead atoms. The summed E-state index contributed by atoms with van der Waals surface area (Å²) < 4.78 is 10.8. The van der Waals surface area contributed by atoms with Gasteiger partial charge in [0, 0.05) is 31.8 Å². The first-order valence-corrected chi connectivity index (χ1v) is 7.84. The second-order valence-electron chi connectivity index (χ2n) is 5.81. The number of amides is 2. The lowest BCUT2D eigenvalue weighted by molar-refractivity contribution is 0.109. The van der Waals surface area contributed by atoms with Crippen LogP contribution in [0.3, 0.4) is 0 Å². The summed E-state index contributed by atoms with van der Waals surface area (Å²) in [5, 5.41) is 6.60. The van der Waals surface area contributed by atoms with Gasteiger partial charge in [0.05, 0.1) is 6.61 Å². The number of urea groups is 1. The van der Waals surface area contributed by atoms with Crippen molar-refractivity contribution in [3.05, 3.63) is 36.4 Å². The van der Waals surface area contributed by atoms with Crippen LogP contribution in [0.4, 0.5) is 10.6 Å². The lowest BCUT2D eigenvalue weighted by atomic mass is 10.2. The van der Waals surface area contributed by atoms with Crippen molar-refractivity contribution in [3.63, 3.8) is 0 Å². The van der Waals surface area contributed by atoms with E-state index in [-0.39, 0.29) is 6.03 Å². The number of carbonyl (C=O) groups excluding carboxylic acids is 1. The molecule has 2 amide bonds. The largest absolute Gasteiger partial charge is 0.379 e. The third kappa shape index (κ3) is 4.56. The van der Waals surface area contributed by atoms with E-state index >= 15 is 0 Å². The molecule has 3 rings (SSSR count). The quantitative estimate of drug-likeness (QED) is 0.797. The molecule has 1 fully saturated rings. The van der Waals surface area contributed by atoms with Gasteiger partial charge in [-0.25, -0.2) is 4.79 Å².